The molecule has 0 spiro atoms. The summed E-state index contributed by atoms with van der Waals surface area (Å²) in [6, 6.07) is 11.3. The van der Waals surface area contributed by atoms with Gasteiger partial charge in [0.2, 0.25) is 10.0 Å². The molecular formula is C20H22N4O4S. The van der Waals surface area contributed by atoms with Crippen LogP contribution in [-0.2, 0) is 16.6 Å². The van der Waals surface area contributed by atoms with Crippen molar-refractivity contribution in [3.8, 4) is 0 Å². The van der Waals surface area contributed by atoms with E-state index in [1.807, 2.05) is 19.0 Å². The first kappa shape index (κ1) is 20.6. The fraction of sp³-hybridized carbons (Fsp3) is 0.200. The lowest BCUT2D eigenvalue weighted by Gasteiger charge is -2.13. The molecule has 29 heavy (non-hydrogen) atoms. The molecular weight excluding hydrogens is 392 g/mol. The summed E-state index contributed by atoms with van der Waals surface area (Å²) in [5, 5.41) is 2.75. The molecule has 2 N–H and O–H groups in total. The van der Waals surface area contributed by atoms with Crippen LogP contribution in [0.1, 0.15) is 21.7 Å². The number of nitrogens with zero attached hydrogens (tertiary/aromatic N) is 2. The van der Waals surface area contributed by atoms with Crippen LogP contribution < -0.4 is 14.9 Å². The minimum absolute atomic E-state index is 0.000821. The molecule has 8 nitrogen and oxygen atoms in total. The highest BCUT2D eigenvalue weighted by molar-refractivity contribution is 7.89. The number of aromatic nitrogens is 1. The van der Waals surface area contributed by atoms with Gasteiger partial charge in [-0.1, -0.05) is 6.07 Å². The molecule has 2 aromatic heterocycles. The van der Waals surface area contributed by atoms with Gasteiger partial charge in [0.25, 0.3) is 5.91 Å². The van der Waals surface area contributed by atoms with E-state index in [9.17, 15) is 13.2 Å². The molecule has 3 rings (SSSR count). The van der Waals surface area contributed by atoms with Crippen molar-refractivity contribution in [1.82, 2.24) is 9.71 Å². The second kappa shape index (κ2) is 8.46. The topological polar surface area (TPSA) is 105 Å². The first-order chi connectivity index (χ1) is 13.8. The Morgan fingerprint density at radius 2 is 1.97 bits per heavy atom. The number of furan rings is 1. The van der Waals surface area contributed by atoms with Crippen molar-refractivity contribution in [3.05, 3.63) is 71.8 Å². The predicted octanol–water partition coefficient (Wildman–Crippen LogP) is 2.78. The van der Waals surface area contributed by atoms with Crippen LogP contribution >= 0.6 is 0 Å². The largest absolute Gasteiger partial charge is 0.468 e. The van der Waals surface area contributed by atoms with Gasteiger partial charge in [0.1, 0.15) is 11.6 Å². The number of hydrogen-bond acceptors (Lipinski definition) is 6. The zero-order chi connectivity index (χ0) is 21.0. The Morgan fingerprint density at radius 3 is 2.59 bits per heavy atom. The molecule has 0 saturated heterocycles. The predicted molar refractivity (Wildman–Crippen MR) is 110 cm³/mol. The molecule has 0 unspecified atom stereocenters. The number of anilines is 2. The van der Waals surface area contributed by atoms with Gasteiger partial charge >= 0.3 is 0 Å². The van der Waals surface area contributed by atoms with E-state index in [2.05, 4.69) is 15.0 Å². The van der Waals surface area contributed by atoms with Crippen molar-refractivity contribution in [1.29, 1.82) is 0 Å². The Hall–Kier alpha value is -3.17. The second-order valence-electron chi connectivity index (χ2n) is 6.63. The summed E-state index contributed by atoms with van der Waals surface area (Å²) in [5.41, 5.74) is 1.44. The Kier molecular flexibility index (Phi) is 6.00. The van der Waals surface area contributed by atoms with Crippen molar-refractivity contribution in [3.63, 3.8) is 0 Å². The van der Waals surface area contributed by atoms with E-state index in [-0.39, 0.29) is 17.0 Å². The highest BCUT2D eigenvalue weighted by Crippen LogP contribution is 2.19. The van der Waals surface area contributed by atoms with Crippen LogP contribution in [0.5, 0.6) is 0 Å². The summed E-state index contributed by atoms with van der Waals surface area (Å²) < 4.78 is 32.7. The van der Waals surface area contributed by atoms with E-state index < -0.39 is 15.9 Å². The zero-order valence-electron chi connectivity index (χ0n) is 16.3. The maximum Gasteiger partial charge on any atom is 0.256 e. The monoisotopic (exact) mass is 414 g/mol. The highest BCUT2D eigenvalue weighted by atomic mass is 32.2. The van der Waals surface area contributed by atoms with Crippen molar-refractivity contribution >= 4 is 27.4 Å². The lowest BCUT2D eigenvalue weighted by Crippen LogP contribution is -2.24. The van der Waals surface area contributed by atoms with Crippen LogP contribution in [0, 0.1) is 6.92 Å². The molecule has 0 aliphatic carbocycles. The van der Waals surface area contributed by atoms with E-state index in [0.717, 1.165) is 5.82 Å². The molecule has 0 bridgehead atoms. The average Bonchev–Trinajstić information content (AvgIpc) is 3.21. The minimum atomic E-state index is -3.81. The molecule has 0 aliphatic rings. The van der Waals surface area contributed by atoms with Gasteiger partial charge in [-0.05, 0) is 48.9 Å². The smallest absolute Gasteiger partial charge is 0.256 e. The van der Waals surface area contributed by atoms with E-state index in [4.69, 9.17) is 4.42 Å². The normalized spacial score (nSPS) is 11.3. The molecule has 0 radical (unpaired) electrons. The Balaban J connectivity index is 1.77. The van der Waals surface area contributed by atoms with Gasteiger partial charge in [0.15, 0.2) is 0 Å². The fourth-order valence-electron chi connectivity index (χ4n) is 2.60. The van der Waals surface area contributed by atoms with Crippen LogP contribution in [0.15, 0.2) is 64.2 Å². The second-order valence-corrected chi connectivity index (χ2v) is 8.40. The minimum Gasteiger partial charge on any atom is -0.468 e. The van der Waals surface area contributed by atoms with Crippen LogP contribution in [0.2, 0.25) is 0 Å². The number of pyridine rings is 1. The van der Waals surface area contributed by atoms with Crippen molar-refractivity contribution < 1.29 is 17.6 Å². The SMILES string of the molecule is Cc1ccc(S(=O)(=O)NCc2ccco2)cc1C(=O)Nc1ccc(N(C)C)nc1. The molecule has 2 heterocycles. The van der Waals surface area contributed by atoms with Crippen LogP contribution in [0.3, 0.4) is 0 Å². The van der Waals surface area contributed by atoms with Crippen LogP contribution in [-0.4, -0.2) is 33.4 Å². The van der Waals surface area contributed by atoms with Gasteiger partial charge in [-0.3, -0.25) is 4.79 Å². The Morgan fingerprint density at radius 1 is 1.17 bits per heavy atom. The van der Waals surface area contributed by atoms with Crippen LogP contribution in [0.25, 0.3) is 0 Å². The van der Waals surface area contributed by atoms with Gasteiger partial charge in [0, 0.05) is 19.7 Å². The third-order valence-electron chi connectivity index (χ3n) is 4.24. The number of amides is 1. The summed E-state index contributed by atoms with van der Waals surface area (Å²) in [5.74, 6) is 0.840. The maximum atomic E-state index is 12.7. The summed E-state index contributed by atoms with van der Waals surface area (Å²) in [6.45, 7) is 1.77. The Bertz CT molecular complexity index is 1090. The number of carbonyl (C=O) groups is 1. The molecule has 0 saturated carbocycles. The summed E-state index contributed by atoms with van der Waals surface area (Å²) in [4.78, 5) is 18.8. The van der Waals surface area contributed by atoms with Gasteiger partial charge in [0.05, 0.1) is 29.6 Å². The van der Waals surface area contributed by atoms with Crippen molar-refractivity contribution in [2.45, 2.75) is 18.4 Å². The molecule has 3 aromatic rings. The molecule has 9 heteroatoms. The molecule has 0 fully saturated rings. The van der Waals surface area contributed by atoms with Crippen molar-refractivity contribution in [2.24, 2.45) is 0 Å². The summed E-state index contributed by atoms with van der Waals surface area (Å²) >= 11 is 0. The lowest BCUT2D eigenvalue weighted by molar-refractivity contribution is 0.102. The lowest BCUT2D eigenvalue weighted by atomic mass is 10.1. The van der Waals surface area contributed by atoms with Gasteiger partial charge in [-0.2, -0.15) is 0 Å². The highest BCUT2D eigenvalue weighted by Gasteiger charge is 2.18. The average molecular weight is 414 g/mol. The van der Waals surface area contributed by atoms with E-state index >= 15 is 0 Å². The maximum absolute atomic E-state index is 12.7. The third kappa shape index (κ3) is 5.01. The van der Waals surface area contributed by atoms with Gasteiger partial charge < -0.3 is 14.6 Å². The number of hydrogen-bond donors (Lipinski definition) is 2. The number of benzene rings is 1. The standard InChI is InChI=1S/C20H22N4O4S/c1-14-6-8-17(29(26,27)22-13-16-5-4-10-28-16)11-18(14)20(25)23-15-7-9-19(21-12-15)24(2)3/h4-12,22H,13H2,1-3H3,(H,23,25). The number of carbonyl (C=O) groups excluding carboxylic acids is 1. The molecule has 152 valence electrons. The number of aryl methyl sites for hydroxylation is 1. The van der Waals surface area contributed by atoms with Gasteiger partial charge in [-0.15, -0.1) is 0 Å². The van der Waals surface area contributed by atoms with Crippen LogP contribution in [0.4, 0.5) is 11.5 Å². The number of sulfonamides is 1. The first-order valence-electron chi connectivity index (χ1n) is 8.84. The van der Waals surface area contributed by atoms with Crippen molar-refractivity contribution in [2.75, 3.05) is 24.3 Å². The molecule has 0 atom stereocenters. The molecule has 1 aromatic carbocycles. The molecule has 0 aliphatic heterocycles. The zero-order valence-corrected chi connectivity index (χ0v) is 17.2. The van der Waals surface area contributed by atoms with Gasteiger partial charge in [-0.25, -0.2) is 18.1 Å². The van der Waals surface area contributed by atoms with E-state index in [1.165, 1.54) is 18.4 Å². The number of nitrogens with one attached hydrogen (secondary N) is 2. The third-order valence-corrected chi connectivity index (χ3v) is 5.64. The number of rotatable bonds is 7. The summed E-state index contributed by atoms with van der Waals surface area (Å²) in [7, 11) is -0.0633. The summed E-state index contributed by atoms with van der Waals surface area (Å²) in [6.07, 6.45) is 3.02. The quantitative estimate of drug-likeness (QED) is 0.616. The van der Waals surface area contributed by atoms with E-state index in [1.54, 1.807) is 43.5 Å². The fourth-order valence-corrected chi connectivity index (χ4v) is 3.62. The first-order valence-corrected chi connectivity index (χ1v) is 10.3. The molecule has 1 amide bonds. The Labute approximate surface area is 169 Å². The van der Waals surface area contributed by atoms with E-state index in [0.29, 0.717) is 17.0 Å².